The molecule has 2 aromatic rings. The fourth-order valence-electron chi connectivity index (χ4n) is 2.22. The molecule has 0 atom stereocenters. The van der Waals surface area contributed by atoms with Crippen molar-refractivity contribution in [3.05, 3.63) is 65.1 Å². The Morgan fingerprint density at radius 2 is 1.79 bits per heavy atom. The summed E-state index contributed by atoms with van der Waals surface area (Å²) in [5.74, 6) is 0.465. The van der Waals surface area contributed by atoms with Gasteiger partial charge in [-0.3, -0.25) is 14.5 Å². The number of amides is 2. The first-order valence-corrected chi connectivity index (χ1v) is 8.17. The molecule has 1 aliphatic rings. The van der Waals surface area contributed by atoms with Crippen LogP contribution in [0.5, 0.6) is 5.75 Å². The van der Waals surface area contributed by atoms with Crippen molar-refractivity contribution in [2.75, 3.05) is 19.1 Å². The molecule has 2 amide bonds. The van der Waals surface area contributed by atoms with E-state index in [9.17, 15) is 9.59 Å². The molecular weight excluding hydrogens is 324 g/mol. The predicted octanol–water partition coefficient (Wildman–Crippen LogP) is 3.80. The van der Waals surface area contributed by atoms with E-state index in [-0.39, 0.29) is 17.8 Å². The maximum Gasteiger partial charge on any atom is 0.295 e. The second-order valence-corrected chi connectivity index (χ2v) is 6.08. The van der Waals surface area contributed by atoms with Gasteiger partial charge in [0, 0.05) is 5.69 Å². The number of ether oxygens (including phenoxy) is 1. The van der Waals surface area contributed by atoms with Gasteiger partial charge >= 0.3 is 0 Å². The zero-order valence-electron chi connectivity index (χ0n) is 13.1. The Morgan fingerprint density at radius 3 is 2.46 bits per heavy atom. The molecule has 1 heterocycles. The molecule has 5 nitrogen and oxygen atoms in total. The standard InChI is InChI=1S/C18H16N2O3S/c1-23-15-9-7-14(8-10-15)19-12-20-17(21)16(24-18(20)22)11-13-5-3-2-4-6-13/h2-11,19H,12H2,1H3/b16-11+. The minimum atomic E-state index is -0.283. The number of hydrogen-bond acceptors (Lipinski definition) is 5. The monoisotopic (exact) mass is 340 g/mol. The van der Waals surface area contributed by atoms with Gasteiger partial charge < -0.3 is 10.1 Å². The first kappa shape index (κ1) is 16.1. The molecule has 0 unspecified atom stereocenters. The SMILES string of the molecule is COc1ccc(NCN2C(=O)S/C(=C/c3ccccc3)C2=O)cc1. The summed E-state index contributed by atoms with van der Waals surface area (Å²) in [5, 5.41) is 2.80. The number of benzene rings is 2. The lowest BCUT2D eigenvalue weighted by atomic mass is 10.2. The van der Waals surface area contributed by atoms with E-state index in [4.69, 9.17) is 4.74 Å². The quantitative estimate of drug-likeness (QED) is 0.839. The Bertz CT molecular complexity index is 773. The highest BCUT2D eigenvalue weighted by molar-refractivity contribution is 8.18. The van der Waals surface area contributed by atoms with Gasteiger partial charge in [0.2, 0.25) is 0 Å². The summed E-state index contributed by atoms with van der Waals surface area (Å²) in [6, 6.07) is 16.8. The van der Waals surface area contributed by atoms with Gasteiger partial charge in [-0.25, -0.2) is 0 Å². The van der Waals surface area contributed by atoms with Crippen LogP contribution in [-0.2, 0) is 4.79 Å². The predicted molar refractivity (Wildman–Crippen MR) is 95.7 cm³/mol. The molecule has 1 aliphatic heterocycles. The number of nitrogens with one attached hydrogen (secondary N) is 1. The molecule has 24 heavy (non-hydrogen) atoms. The fourth-order valence-corrected chi connectivity index (χ4v) is 3.05. The minimum Gasteiger partial charge on any atom is -0.497 e. The molecule has 6 heteroatoms. The molecule has 0 aliphatic carbocycles. The fraction of sp³-hybridized carbons (Fsp3) is 0.111. The summed E-state index contributed by atoms with van der Waals surface area (Å²) in [6.07, 6.45) is 1.73. The summed E-state index contributed by atoms with van der Waals surface area (Å²) in [7, 11) is 1.60. The topological polar surface area (TPSA) is 58.6 Å². The number of nitrogens with zero attached hydrogens (tertiary/aromatic N) is 1. The van der Waals surface area contributed by atoms with Gasteiger partial charge in [0.15, 0.2) is 0 Å². The van der Waals surface area contributed by atoms with E-state index in [2.05, 4.69) is 5.32 Å². The smallest absolute Gasteiger partial charge is 0.295 e. The number of imide groups is 1. The van der Waals surface area contributed by atoms with Gasteiger partial charge in [-0.05, 0) is 47.7 Å². The lowest BCUT2D eigenvalue weighted by Gasteiger charge is -2.14. The first-order valence-electron chi connectivity index (χ1n) is 7.36. The highest BCUT2D eigenvalue weighted by Gasteiger charge is 2.34. The van der Waals surface area contributed by atoms with Gasteiger partial charge in [-0.15, -0.1) is 0 Å². The summed E-state index contributed by atoms with van der Waals surface area (Å²) < 4.78 is 5.09. The Morgan fingerprint density at radius 1 is 1.08 bits per heavy atom. The van der Waals surface area contributed by atoms with Crippen molar-refractivity contribution in [3.8, 4) is 5.75 Å². The second kappa shape index (κ2) is 7.23. The molecule has 0 saturated carbocycles. The van der Waals surface area contributed by atoms with Crippen LogP contribution >= 0.6 is 11.8 Å². The molecule has 1 fully saturated rings. The number of methoxy groups -OCH3 is 1. The molecule has 2 aromatic carbocycles. The van der Waals surface area contributed by atoms with Gasteiger partial charge in [-0.2, -0.15) is 0 Å². The van der Waals surface area contributed by atoms with E-state index in [0.29, 0.717) is 4.91 Å². The van der Waals surface area contributed by atoms with Gasteiger partial charge in [0.25, 0.3) is 11.1 Å². The molecule has 0 bridgehead atoms. The minimum absolute atomic E-state index is 0.128. The average molecular weight is 340 g/mol. The molecule has 122 valence electrons. The van der Waals surface area contributed by atoms with Crippen LogP contribution in [0.15, 0.2) is 59.5 Å². The van der Waals surface area contributed by atoms with Crippen LogP contribution in [0.2, 0.25) is 0 Å². The van der Waals surface area contributed by atoms with Gasteiger partial charge in [-0.1, -0.05) is 30.3 Å². The highest BCUT2D eigenvalue weighted by atomic mass is 32.2. The average Bonchev–Trinajstić information content (AvgIpc) is 2.88. The molecule has 0 radical (unpaired) electrons. The first-order chi connectivity index (χ1) is 11.7. The van der Waals surface area contributed by atoms with Gasteiger partial charge in [0.1, 0.15) is 5.75 Å². The highest BCUT2D eigenvalue weighted by Crippen LogP contribution is 2.32. The number of rotatable bonds is 5. The summed E-state index contributed by atoms with van der Waals surface area (Å²) in [6.45, 7) is 0.128. The van der Waals surface area contributed by atoms with Crippen molar-refractivity contribution in [1.29, 1.82) is 0 Å². The number of hydrogen-bond donors (Lipinski definition) is 1. The maximum absolute atomic E-state index is 12.4. The normalized spacial score (nSPS) is 15.9. The molecular formula is C18H16N2O3S. The van der Waals surface area contributed by atoms with Crippen LogP contribution in [0.25, 0.3) is 6.08 Å². The van der Waals surface area contributed by atoms with Crippen molar-refractivity contribution < 1.29 is 14.3 Å². The van der Waals surface area contributed by atoms with Crippen molar-refractivity contribution >= 4 is 34.7 Å². The Labute approximate surface area is 144 Å². The summed E-state index contributed by atoms with van der Waals surface area (Å²) >= 11 is 0.956. The molecule has 1 N–H and O–H groups in total. The number of thioether (sulfide) groups is 1. The molecule has 0 aromatic heterocycles. The van der Waals surface area contributed by atoms with Crippen LogP contribution < -0.4 is 10.1 Å². The third-order valence-corrected chi connectivity index (χ3v) is 4.41. The van der Waals surface area contributed by atoms with E-state index in [1.165, 1.54) is 4.90 Å². The van der Waals surface area contributed by atoms with E-state index in [0.717, 1.165) is 28.8 Å². The van der Waals surface area contributed by atoms with E-state index < -0.39 is 0 Å². The van der Waals surface area contributed by atoms with Crippen LogP contribution in [-0.4, -0.2) is 29.8 Å². The Balaban J connectivity index is 1.67. The third kappa shape index (κ3) is 3.60. The van der Waals surface area contributed by atoms with Crippen molar-refractivity contribution in [1.82, 2.24) is 4.90 Å². The number of carbonyl (C=O) groups is 2. The van der Waals surface area contributed by atoms with E-state index in [1.807, 2.05) is 54.6 Å². The van der Waals surface area contributed by atoms with Crippen LogP contribution in [0.3, 0.4) is 0 Å². The second-order valence-electron chi connectivity index (χ2n) is 5.08. The summed E-state index contributed by atoms with van der Waals surface area (Å²) in [5.41, 5.74) is 1.70. The number of carbonyl (C=O) groups excluding carboxylic acids is 2. The van der Waals surface area contributed by atoms with E-state index >= 15 is 0 Å². The number of anilines is 1. The maximum atomic E-state index is 12.4. The Hall–Kier alpha value is -2.73. The molecule has 0 spiro atoms. The van der Waals surface area contributed by atoms with Crippen LogP contribution in [0.4, 0.5) is 10.5 Å². The summed E-state index contributed by atoms with van der Waals surface area (Å²) in [4.78, 5) is 26.1. The molecule has 1 saturated heterocycles. The van der Waals surface area contributed by atoms with Gasteiger partial charge in [0.05, 0.1) is 18.7 Å². The van der Waals surface area contributed by atoms with E-state index in [1.54, 1.807) is 13.2 Å². The largest absolute Gasteiger partial charge is 0.497 e. The van der Waals surface area contributed by atoms with Crippen molar-refractivity contribution in [2.24, 2.45) is 0 Å². The Kier molecular flexibility index (Phi) is 4.86. The van der Waals surface area contributed by atoms with Crippen molar-refractivity contribution in [2.45, 2.75) is 0 Å². The molecule has 3 rings (SSSR count). The lowest BCUT2D eigenvalue weighted by Crippen LogP contribution is -2.33. The van der Waals surface area contributed by atoms with Crippen molar-refractivity contribution in [3.63, 3.8) is 0 Å². The zero-order valence-corrected chi connectivity index (χ0v) is 13.9. The lowest BCUT2D eigenvalue weighted by molar-refractivity contribution is -0.122. The zero-order chi connectivity index (χ0) is 16.9. The third-order valence-electron chi connectivity index (χ3n) is 3.50. The van der Waals surface area contributed by atoms with Crippen LogP contribution in [0.1, 0.15) is 5.56 Å². The van der Waals surface area contributed by atoms with Crippen LogP contribution in [0, 0.1) is 0 Å².